The molecule has 1 aromatic rings. The summed E-state index contributed by atoms with van der Waals surface area (Å²) in [4.78, 5) is 12.6. The van der Waals surface area contributed by atoms with Crippen LogP contribution >= 0.6 is 0 Å². The lowest BCUT2D eigenvalue weighted by Crippen LogP contribution is -2.45. The van der Waals surface area contributed by atoms with Gasteiger partial charge in [-0.2, -0.15) is 0 Å². The molecule has 2 atom stereocenters. The zero-order valence-electron chi connectivity index (χ0n) is 10.9. The lowest BCUT2D eigenvalue weighted by molar-refractivity contribution is -0.402. The van der Waals surface area contributed by atoms with E-state index in [1.807, 2.05) is 0 Å². The Labute approximate surface area is 111 Å². The molecule has 0 amide bonds. The van der Waals surface area contributed by atoms with E-state index in [9.17, 15) is 10.1 Å². The fourth-order valence-corrected chi connectivity index (χ4v) is 3.21. The van der Waals surface area contributed by atoms with Crippen LogP contribution in [0, 0.1) is 10.1 Å². The maximum atomic E-state index is 10.5. The average molecular weight is 265 g/mol. The Balaban J connectivity index is 1.50. The summed E-state index contributed by atoms with van der Waals surface area (Å²) in [7, 11) is 0. The molecule has 0 spiro atoms. The molecule has 0 saturated carbocycles. The number of nitrogens with zero attached hydrogens (tertiary/aromatic N) is 2. The molecule has 2 aliphatic heterocycles. The van der Waals surface area contributed by atoms with Crippen LogP contribution in [0.2, 0.25) is 0 Å². The number of fused-ring (bicyclic) bond motifs is 1. The van der Waals surface area contributed by atoms with Gasteiger partial charge in [0, 0.05) is 12.1 Å². The fraction of sp³-hybridized carbons (Fsp3) is 0.692. The maximum absolute atomic E-state index is 10.5. The van der Waals surface area contributed by atoms with E-state index < -0.39 is 4.92 Å². The molecule has 2 aliphatic rings. The second-order valence-corrected chi connectivity index (χ2v) is 5.43. The summed E-state index contributed by atoms with van der Waals surface area (Å²) in [6, 6.07) is 4.33. The van der Waals surface area contributed by atoms with Crippen LogP contribution in [0.4, 0.5) is 5.88 Å². The SMILES string of the molecule is O=[N+]([O-])c1ccc(CNC2CCN3CCCC3C2)o1. The Morgan fingerprint density at radius 1 is 1.42 bits per heavy atom. The number of nitrogens with one attached hydrogen (secondary N) is 1. The van der Waals surface area contributed by atoms with Crippen molar-refractivity contribution in [2.45, 2.75) is 44.3 Å². The normalized spacial score (nSPS) is 27.4. The van der Waals surface area contributed by atoms with E-state index in [-0.39, 0.29) is 5.88 Å². The van der Waals surface area contributed by atoms with E-state index in [4.69, 9.17) is 4.42 Å². The molecule has 0 bridgehead atoms. The Morgan fingerprint density at radius 3 is 3.11 bits per heavy atom. The fourth-order valence-electron chi connectivity index (χ4n) is 3.21. The molecule has 2 saturated heterocycles. The highest BCUT2D eigenvalue weighted by atomic mass is 16.6. The summed E-state index contributed by atoms with van der Waals surface area (Å²) in [5, 5.41) is 14.0. The van der Waals surface area contributed by atoms with E-state index in [0.29, 0.717) is 18.3 Å². The van der Waals surface area contributed by atoms with Crippen LogP contribution in [-0.4, -0.2) is 35.0 Å². The number of furan rings is 1. The van der Waals surface area contributed by atoms with Crippen LogP contribution in [0.25, 0.3) is 0 Å². The van der Waals surface area contributed by atoms with E-state index >= 15 is 0 Å². The Bertz CT molecular complexity index is 460. The largest absolute Gasteiger partial charge is 0.433 e. The highest BCUT2D eigenvalue weighted by molar-refractivity contribution is 5.17. The van der Waals surface area contributed by atoms with E-state index in [0.717, 1.165) is 12.5 Å². The molecule has 1 N–H and O–H groups in total. The molecule has 1 aromatic heterocycles. The molecular formula is C13H19N3O3. The molecule has 3 rings (SSSR count). The van der Waals surface area contributed by atoms with Gasteiger partial charge in [0.15, 0.2) is 0 Å². The first-order valence-corrected chi connectivity index (χ1v) is 6.93. The summed E-state index contributed by atoms with van der Waals surface area (Å²) in [6.07, 6.45) is 4.97. The molecule has 0 aromatic carbocycles. The van der Waals surface area contributed by atoms with E-state index in [1.165, 1.54) is 38.4 Å². The van der Waals surface area contributed by atoms with Gasteiger partial charge in [-0.25, -0.2) is 0 Å². The monoisotopic (exact) mass is 265 g/mol. The minimum absolute atomic E-state index is 0.178. The summed E-state index contributed by atoms with van der Waals surface area (Å²) in [5.74, 6) is 0.461. The minimum Gasteiger partial charge on any atom is -0.404 e. The predicted molar refractivity (Wildman–Crippen MR) is 69.8 cm³/mol. The van der Waals surface area contributed by atoms with Crippen molar-refractivity contribution in [3.05, 3.63) is 28.0 Å². The van der Waals surface area contributed by atoms with Crippen LogP contribution in [0.3, 0.4) is 0 Å². The van der Waals surface area contributed by atoms with Gasteiger partial charge in [-0.15, -0.1) is 0 Å². The Hall–Kier alpha value is -1.40. The lowest BCUT2D eigenvalue weighted by atomic mass is 9.97. The highest BCUT2D eigenvalue weighted by Gasteiger charge is 2.31. The van der Waals surface area contributed by atoms with Crippen molar-refractivity contribution in [2.75, 3.05) is 13.1 Å². The van der Waals surface area contributed by atoms with Crippen LogP contribution in [0.15, 0.2) is 16.5 Å². The van der Waals surface area contributed by atoms with Gasteiger partial charge in [-0.1, -0.05) is 0 Å². The molecular weight excluding hydrogens is 246 g/mol. The number of hydrogen-bond donors (Lipinski definition) is 1. The third kappa shape index (κ3) is 2.79. The Morgan fingerprint density at radius 2 is 2.32 bits per heavy atom. The number of rotatable bonds is 4. The molecule has 104 valence electrons. The summed E-state index contributed by atoms with van der Waals surface area (Å²) >= 11 is 0. The molecule has 0 radical (unpaired) electrons. The summed E-state index contributed by atoms with van der Waals surface area (Å²) in [5.41, 5.74) is 0. The number of nitro groups is 1. The van der Waals surface area contributed by atoms with Crippen molar-refractivity contribution < 1.29 is 9.34 Å². The standard InChI is InChI=1S/C13H19N3O3/c17-16(18)13-4-3-12(19-13)9-14-10-5-7-15-6-1-2-11(15)8-10/h3-4,10-11,14H,1-2,5-9H2. The molecule has 19 heavy (non-hydrogen) atoms. The van der Waals surface area contributed by atoms with Crippen LogP contribution in [0.5, 0.6) is 0 Å². The van der Waals surface area contributed by atoms with Gasteiger partial charge in [0.2, 0.25) is 0 Å². The molecule has 3 heterocycles. The average Bonchev–Trinajstić information content (AvgIpc) is 3.04. The van der Waals surface area contributed by atoms with Gasteiger partial charge in [-0.3, -0.25) is 10.1 Å². The van der Waals surface area contributed by atoms with Crippen molar-refractivity contribution >= 4 is 5.88 Å². The van der Waals surface area contributed by atoms with Gasteiger partial charge in [-0.05, 0) is 44.8 Å². The van der Waals surface area contributed by atoms with Crippen LogP contribution in [0.1, 0.15) is 31.4 Å². The van der Waals surface area contributed by atoms with Crippen LogP contribution in [-0.2, 0) is 6.54 Å². The van der Waals surface area contributed by atoms with Crippen molar-refractivity contribution in [3.63, 3.8) is 0 Å². The maximum Gasteiger partial charge on any atom is 0.433 e. The van der Waals surface area contributed by atoms with Gasteiger partial charge < -0.3 is 14.6 Å². The zero-order valence-corrected chi connectivity index (χ0v) is 10.9. The van der Waals surface area contributed by atoms with Crippen LogP contribution < -0.4 is 5.32 Å². The Kier molecular flexibility index (Phi) is 3.52. The van der Waals surface area contributed by atoms with Crippen molar-refractivity contribution in [1.29, 1.82) is 0 Å². The molecule has 2 unspecified atom stereocenters. The van der Waals surface area contributed by atoms with E-state index in [1.54, 1.807) is 6.07 Å². The van der Waals surface area contributed by atoms with Crippen molar-refractivity contribution in [1.82, 2.24) is 10.2 Å². The molecule has 6 nitrogen and oxygen atoms in total. The van der Waals surface area contributed by atoms with Gasteiger partial charge in [0.25, 0.3) is 0 Å². The number of piperidine rings is 1. The van der Waals surface area contributed by atoms with Gasteiger partial charge >= 0.3 is 5.88 Å². The first-order chi connectivity index (χ1) is 9.22. The van der Waals surface area contributed by atoms with Gasteiger partial charge in [0.1, 0.15) is 10.7 Å². The van der Waals surface area contributed by atoms with E-state index in [2.05, 4.69) is 10.2 Å². The zero-order chi connectivity index (χ0) is 13.2. The quantitative estimate of drug-likeness (QED) is 0.665. The van der Waals surface area contributed by atoms with Gasteiger partial charge in [0.05, 0.1) is 12.6 Å². The minimum atomic E-state index is -0.499. The van der Waals surface area contributed by atoms with Crippen molar-refractivity contribution in [3.8, 4) is 0 Å². The topological polar surface area (TPSA) is 71.6 Å². The molecule has 6 heteroatoms. The first-order valence-electron chi connectivity index (χ1n) is 6.93. The smallest absolute Gasteiger partial charge is 0.404 e. The third-order valence-electron chi connectivity index (χ3n) is 4.21. The predicted octanol–water partition coefficient (Wildman–Crippen LogP) is 1.90. The highest BCUT2D eigenvalue weighted by Crippen LogP contribution is 2.27. The summed E-state index contributed by atoms with van der Waals surface area (Å²) in [6.45, 7) is 2.99. The second-order valence-electron chi connectivity index (χ2n) is 5.43. The lowest BCUT2D eigenvalue weighted by Gasteiger charge is -2.35. The third-order valence-corrected chi connectivity index (χ3v) is 4.21. The second kappa shape index (κ2) is 5.30. The molecule has 2 fully saturated rings. The number of hydrogen-bond acceptors (Lipinski definition) is 5. The molecule has 0 aliphatic carbocycles. The summed E-state index contributed by atoms with van der Waals surface area (Å²) < 4.78 is 5.15. The van der Waals surface area contributed by atoms with Crippen molar-refractivity contribution in [2.24, 2.45) is 0 Å². The first kappa shape index (κ1) is 12.6.